The molecule has 0 spiro atoms. The molecule has 7 nitrogen and oxygen atoms in total. The van der Waals surface area contributed by atoms with Gasteiger partial charge in [-0.3, -0.25) is 9.69 Å². The van der Waals surface area contributed by atoms with Crippen molar-refractivity contribution in [3.63, 3.8) is 0 Å². The molecular formula is C19H24FN5O2. The van der Waals surface area contributed by atoms with Crippen LogP contribution >= 0.6 is 0 Å². The smallest absolute Gasteiger partial charge is 0.323 e. The number of imidazole rings is 1. The molecule has 4 rings (SSSR count). The van der Waals surface area contributed by atoms with Gasteiger partial charge in [-0.2, -0.15) is 0 Å². The van der Waals surface area contributed by atoms with Crippen LogP contribution in [0.3, 0.4) is 0 Å². The first-order valence-corrected chi connectivity index (χ1v) is 9.42. The van der Waals surface area contributed by atoms with Gasteiger partial charge in [0.05, 0.1) is 0 Å². The molecule has 144 valence electrons. The number of aromatic nitrogens is 2. The zero-order valence-corrected chi connectivity index (χ0v) is 15.2. The van der Waals surface area contributed by atoms with Crippen molar-refractivity contribution in [2.45, 2.75) is 18.9 Å². The average Bonchev–Trinajstić information content (AvgIpc) is 3.14. The van der Waals surface area contributed by atoms with Crippen LogP contribution in [0.15, 0.2) is 35.3 Å². The number of rotatable bonds is 3. The van der Waals surface area contributed by atoms with Gasteiger partial charge in [-0.25, -0.2) is 9.18 Å². The summed E-state index contributed by atoms with van der Waals surface area (Å²) in [5.41, 5.74) is 1.01. The lowest BCUT2D eigenvalue weighted by Crippen LogP contribution is -2.56. The maximum Gasteiger partial charge on any atom is 0.323 e. The molecule has 3 heterocycles. The van der Waals surface area contributed by atoms with E-state index < -0.39 is 0 Å². The molecule has 8 heteroatoms. The second-order valence-corrected chi connectivity index (χ2v) is 7.20. The minimum Gasteiger partial charge on any atom is -0.369 e. The lowest BCUT2D eigenvalue weighted by atomic mass is 10.0. The van der Waals surface area contributed by atoms with E-state index >= 15 is 0 Å². The summed E-state index contributed by atoms with van der Waals surface area (Å²) in [5.74, 6) is -0.337. The molecule has 1 aromatic carbocycles. The number of aromatic amines is 2. The number of likely N-dealkylation sites (tertiary alicyclic amines) is 1. The lowest BCUT2D eigenvalue weighted by Gasteiger charge is -2.43. The van der Waals surface area contributed by atoms with Gasteiger partial charge in [0.1, 0.15) is 11.5 Å². The van der Waals surface area contributed by atoms with Crippen molar-refractivity contribution >= 4 is 11.6 Å². The van der Waals surface area contributed by atoms with Crippen molar-refractivity contribution in [1.29, 1.82) is 0 Å². The summed E-state index contributed by atoms with van der Waals surface area (Å²) < 4.78 is 13.1. The Morgan fingerprint density at radius 3 is 2.48 bits per heavy atom. The second-order valence-electron chi connectivity index (χ2n) is 7.20. The highest BCUT2D eigenvalue weighted by Gasteiger charge is 2.30. The first kappa shape index (κ1) is 17.8. The van der Waals surface area contributed by atoms with Gasteiger partial charge in [0.15, 0.2) is 0 Å². The first-order chi connectivity index (χ1) is 13.1. The minimum atomic E-state index is -0.358. The second kappa shape index (κ2) is 7.56. The summed E-state index contributed by atoms with van der Waals surface area (Å²) in [4.78, 5) is 35.4. The zero-order valence-electron chi connectivity index (χ0n) is 15.2. The highest BCUT2D eigenvalue weighted by molar-refractivity contribution is 5.92. The van der Waals surface area contributed by atoms with E-state index in [-0.39, 0.29) is 17.4 Å². The van der Waals surface area contributed by atoms with Crippen LogP contribution in [-0.4, -0.2) is 71.0 Å². The predicted octanol–water partition coefficient (Wildman–Crippen LogP) is 1.27. The third-order valence-electron chi connectivity index (χ3n) is 5.53. The van der Waals surface area contributed by atoms with E-state index in [2.05, 4.69) is 19.8 Å². The standard InChI is InChI=1S/C19H24FN5O2/c20-14-3-5-15(6-4-14)23-8-10-24(11-9-23)16-2-1-7-25(13-16)18(26)17-12-21-19(27)22-17/h3-6,12,16H,1-2,7-11,13H2,(H2,21,22,27). The van der Waals surface area contributed by atoms with E-state index in [0.717, 1.165) is 51.3 Å². The van der Waals surface area contributed by atoms with E-state index in [1.54, 1.807) is 0 Å². The summed E-state index contributed by atoms with van der Waals surface area (Å²) in [6.45, 7) is 5.03. The monoisotopic (exact) mass is 373 g/mol. The van der Waals surface area contributed by atoms with Gasteiger partial charge >= 0.3 is 5.69 Å². The highest BCUT2D eigenvalue weighted by Crippen LogP contribution is 2.22. The van der Waals surface area contributed by atoms with Crippen LogP contribution in [0.25, 0.3) is 0 Å². The van der Waals surface area contributed by atoms with E-state index in [1.165, 1.54) is 18.3 Å². The molecule has 2 saturated heterocycles. The predicted molar refractivity (Wildman–Crippen MR) is 101 cm³/mol. The molecule has 2 aliphatic rings. The number of amides is 1. The average molecular weight is 373 g/mol. The molecule has 1 atom stereocenters. The normalized spacial score (nSPS) is 21.4. The summed E-state index contributed by atoms with van der Waals surface area (Å²) in [6.07, 6.45) is 3.48. The van der Waals surface area contributed by atoms with Crippen LogP contribution < -0.4 is 10.6 Å². The molecule has 2 aromatic rings. The molecule has 0 bridgehead atoms. The minimum absolute atomic E-state index is 0.122. The van der Waals surface area contributed by atoms with Crippen LogP contribution in [0.1, 0.15) is 23.3 Å². The molecule has 2 aliphatic heterocycles. The van der Waals surface area contributed by atoms with Crippen LogP contribution in [0.2, 0.25) is 0 Å². The zero-order chi connectivity index (χ0) is 18.8. The molecule has 2 N–H and O–H groups in total. The van der Waals surface area contributed by atoms with Crippen molar-refractivity contribution in [3.05, 3.63) is 52.5 Å². The number of piperidine rings is 1. The number of carbonyl (C=O) groups is 1. The highest BCUT2D eigenvalue weighted by atomic mass is 19.1. The number of H-pyrrole nitrogens is 2. The van der Waals surface area contributed by atoms with Crippen molar-refractivity contribution in [1.82, 2.24) is 19.8 Å². The van der Waals surface area contributed by atoms with Gasteiger partial charge in [0.25, 0.3) is 5.91 Å². The maximum absolute atomic E-state index is 13.1. The first-order valence-electron chi connectivity index (χ1n) is 9.42. The molecule has 0 saturated carbocycles. The number of carbonyl (C=O) groups excluding carboxylic acids is 1. The number of benzene rings is 1. The Bertz CT molecular complexity index is 838. The largest absolute Gasteiger partial charge is 0.369 e. The molecule has 1 amide bonds. The molecule has 1 unspecified atom stereocenters. The van der Waals surface area contributed by atoms with Gasteiger partial charge < -0.3 is 19.8 Å². The number of piperazine rings is 1. The Hall–Kier alpha value is -2.61. The fraction of sp³-hybridized carbons (Fsp3) is 0.474. The SMILES string of the molecule is O=C(c1c[nH]c(=O)[nH]1)N1CCCC(N2CCN(c3ccc(F)cc3)CC2)C1. The number of hydrogen-bond donors (Lipinski definition) is 2. The summed E-state index contributed by atoms with van der Waals surface area (Å²) in [5, 5.41) is 0. The summed E-state index contributed by atoms with van der Waals surface area (Å²) in [6, 6.07) is 6.98. The topological polar surface area (TPSA) is 75.4 Å². The molecule has 2 fully saturated rings. The molecule has 0 radical (unpaired) electrons. The Kier molecular flexibility index (Phi) is 4.98. The van der Waals surface area contributed by atoms with Crippen molar-refractivity contribution < 1.29 is 9.18 Å². The van der Waals surface area contributed by atoms with Crippen molar-refractivity contribution in [2.24, 2.45) is 0 Å². The lowest BCUT2D eigenvalue weighted by molar-refractivity contribution is 0.0558. The van der Waals surface area contributed by atoms with Crippen molar-refractivity contribution in [3.8, 4) is 0 Å². The number of anilines is 1. The summed E-state index contributed by atoms with van der Waals surface area (Å²) >= 11 is 0. The van der Waals surface area contributed by atoms with Gasteiger partial charge in [0.2, 0.25) is 0 Å². The Balaban J connectivity index is 1.34. The Morgan fingerprint density at radius 1 is 1.07 bits per heavy atom. The van der Waals surface area contributed by atoms with Crippen LogP contribution in [0.5, 0.6) is 0 Å². The third-order valence-corrected chi connectivity index (χ3v) is 5.53. The van der Waals surface area contributed by atoms with E-state index in [9.17, 15) is 14.0 Å². The van der Waals surface area contributed by atoms with E-state index in [4.69, 9.17) is 0 Å². The number of halogens is 1. The number of hydrogen-bond acceptors (Lipinski definition) is 4. The van der Waals surface area contributed by atoms with Crippen LogP contribution in [0, 0.1) is 5.82 Å². The number of nitrogens with one attached hydrogen (secondary N) is 2. The molecule has 27 heavy (non-hydrogen) atoms. The van der Waals surface area contributed by atoms with E-state index in [1.807, 2.05) is 17.0 Å². The van der Waals surface area contributed by atoms with Crippen LogP contribution in [0.4, 0.5) is 10.1 Å². The van der Waals surface area contributed by atoms with Crippen molar-refractivity contribution in [2.75, 3.05) is 44.2 Å². The van der Waals surface area contributed by atoms with Crippen LogP contribution in [-0.2, 0) is 0 Å². The molecular weight excluding hydrogens is 349 g/mol. The quantitative estimate of drug-likeness (QED) is 0.850. The molecule has 1 aromatic heterocycles. The third kappa shape index (κ3) is 3.90. The fourth-order valence-electron chi connectivity index (χ4n) is 4.05. The summed E-state index contributed by atoms with van der Waals surface area (Å²) in [7, 11) is 0. The van der Waals surface area contributed by atoms with Gasteiger partial charge in [0, 0.05) is 57.2 Å². The Morgan fingerprint density at radius 2 is 1.81 bits per heavy atom. The van der Waals surface area contributed by atoms with Gasteiger partial charge in [-0.05, 0) is 37.1 Å². The van der Waals surface area contributed by atoms with Gasteiger partial charge in [-0.15, -0.1) is 0 Å². The van der Waals surface area contributed by atoms with E-state index in [0.29, 0.717) is 18.3 Å². The maximum atomic E-state index is 13.1. The van der Waals surface area contributed by atoms with Gasteiger partial charge in [-0.1, -0.05) is 0 Å². The fourth-order valence-corrected chi connectivity index (χ4v) is 4.05. The molecule has 0 aliphatic carbocycles. The number of nitrogens with zero attached hydrogens (tertiary/aromatic N) is 3. The Labute approximate surface area is 156 Å².